The summed E-state index contributed by atoms with van der Waals surface area (Å²) in [4.78, 5) is 15.3. The van der Waals surface area contributed by atoms with Gasteiger partial charge in [0.2, 0.25) is 0 Å². The van der Waals surface area contributed by atoms with E-state index < -0.39 is 41.6 Å². The highest BCUT2D eigenvalue weighted by Gasteiger charge is 2.56. The molecule has 0 radical (unpaired) electrons. The number of ether oxygens (including phenoxy) is 1. The second kappa shape index (κ2) is 9.13. The first-order valence-electron chi connectivity index (χ1n) is 13.8. The van der Waals surface area contributed by atoms with Crippen LogP contribution < -0.4 is 0 Å². The van der Waals surface area contributed by atoms with Crippen molar-refractivity contribution in [1.82, 2.24) is 15.1 Å². The SMILES string of the molecule is [2H]C([2H])(O)C1(C([2H])([2H])O[C@]2(c3ccc(Cl)cc3)c3c(F)cc(C(C)(C)O)cc3C(=O)N2Cc2ccc(C)nn2)CC1. The largest absolute Gasteiger partial charge is 0.396 e. The summed E-state index contributed by atoms with van der Waals surface area (Å²) < 4.78 is 56.4. The van der Waals surface area contributed by atoms with Gasteiger partial charge in [0.25, 0.3) is 5.91 Å². The Morgan fingerprint density at radius 2 is 1.89 bits per heavy atom. The van der Waals surface area contributed by atoms with E-state index in [4.69, 9.17) is 21.8 Å². The summed E-state index contributed by atoms with van der Waals surface area (Å²) in [6.07, 6.45) is -0.102. The molecule has 2 N–H and O–H groups in total. The van der Waals surface area contributed by atoms with Crippen LogP contribution in [0.25, 0.3) is 0 Å². The van der Waals surface area contributed by atoms with Gasteiger partial charge in [0.1, 0.15) is 5.82 Å². The van der Waals surface area contributed by atoms with Crippen molar-refractivity contribution in [2.24, 2.45) is 5.41 Å². The number of hydrogen-bond donors (Lipinski definition) is 2. The lowest BCUT2D eigenvalue weighted by Crippen LogP contribution is -2.48. The molecular weight excluding hydrogens is 497 g/mol. The molecule has 1 atom stereocenters. The van der Waals surface area contributed by atoms with Gasteiger partial charge in [-0.05, 0) is 75.6 Å². The molecule has 1 saturated carbocycles. The molecule has 1 aromatic heterocycles. The zero-order chi connectivity index (χ0) is 30.2. The molecule has 1 aliphatic heterocycles. The molecule has 2 heterocycles. The fourth-order valence-electron chi connectivity index (χ4n) is 4.43. The molecule has 7 nitrogen and oxygen atoms in total. The summed E-state index contributed by atoms with van der Waals surface area (Å²) in [5.41, 5.74) is -5.15. The Morgan fingerprint density at radius 3 is 2.46 bits per heavy atom. The molecule has 3 aromatic rings. The highest BCUT2D eigenvalue weighted by Crippen LogP contribution is 2.52. The molecule has 37 heavy (non-hydrogen) atoms. The standard InChI is InChI=1S/C28H29ClFN3O4/c1-17-4-9-21(32-31-17)14-33-25(35)22-12-19(26(2,3)36)13-23(30)24(22)28(33,18-5-7-20(29)8-6-18)37-16-27(15-34)10-11-27/h4-9,12-13,34,36H,10-11,14-16H2,1-3H3/t28-/m1/s1/i15D2,16D2. The lowest BCUT2D eigenvalue weighted by atomic mass is 9.88. The molecule has 2 aliphatic rings. The van der Waals surface area contributed by atoms with Gasteiger partial charge in [0.15, 0.2) is 5.72 Å². The maximum absolute atomic E-state index is 16.3. The summed E-state index contributed by atoms with van der Waals surface area (Å²) in [6.45, 7) is -1.58. The highest BCUT2D eigenvalue weighted by molar-refractivity contribution is 6.30. The van der Waals surface area contributed by atoms with Gasteiger partial charge in [-0.25, -0.2) is 4.39 Å². The van der Waals surface area contributed by atoms with Crippen molar-refractivity contribution in [3.63, 3.8) is 0 Å². The Morgan fingerprint density at radius 1 is 1.19 bits per heavy atom. The summed E-state index contributed by atoms with van der Waals surface area (Å²) in [6, 6.07) is 11.6. The van der Waals surface area contributed by atoms with E-state index in [9.17, 15) is 15.0 Å². The number of aliphatic hydroxyl groups is 2. The molecule has 0 spiro atoms. The Kier molecular flexibility index (Phi) is 5.20. The van der Waals surface area contributed by atoms with Gasteiger partial charge >= 0.3 is 0 Å². The average molecular weight is 530 g/mol. The smallest absolute Gasteiger partial charge is 0.257 e. The molecule has 9 heteroatoms. The zero-order valence-corrected chi connectivity index (χ0v) is 21.3. The van der Waals surface area contributed by atoms with Crippen LogP contribution in [-0.2, 0) is 22.6 Å². The van der Waals surface area contributed by atoms with E-state index >= 15 is 4.39 Å². The Bertz CT molecular complexity index is 1510. The Hall–Kier alpha value is -2.91. The second-order valence-corrected chi connectivity index (χ2v) is 10.5. The van der Waals surface area contributed by atoms with E-state index in [1.807, 2.05) is 0 Å². The van der Waals surface area contributed by atoms with Crippen molar-refractivity contribution in [2.45, 2.75) is 51.5 Å². The van der Waals surface area contributed by atoms with E-state index in [1.54, 1.807) is 19.1 Å². The topological polar surface area (TPSA) is 95.8 Å². The van der Waals surface area contributed by atoms with Crippen LogP contribution >= 0.6 is 11.6 Å². The number of rotatable bonds is 8. The number of hydrogen-bond acceptors (Lipinski definition) is 6. The number of carbonyl (C=O) groups is 1. The van der Waals surface area contributed by atoms with E-state index in [2.05, 4.69) is 10.2 Å². The van der Waals surface area contributed by atoms with Crippen molar-refractivity contribution in [2.75, 3.05) is 13.1 Å². The molecule has 1 amide bonds. The second-order valence-electron chi connectivity index (χ2n) is 10.0. The first-order chi connectivity index (χ1) is 18.9. The number of fused-ring (bicyclic) bond motifs is 1. The number of halogens is 2. The van der Waals surface area contributed by atoms with E-state index in [1.165, 1.54) is 44.2 Å². The van der Waals surface area contributed by atoms with Crippen molar-refractivity contribution in [3.8, 4) is 0 Å². The molecule has 194 valence electrons. The van der Waals surface area contributed by atoms with Crippen LogP contribution in [0.15, 0.2) is 48.5 Å². The van der Waals surface area contributed by atoms with Gasteiger partial charge < -0.3 is 14.9 Å². The van der Waals surface area contributed by atoms with Crippen molar-refractivity contribution in [3.05, 3.63) is 93.0 Å². The van der Waals surface area contributed by atoms with E-state index in [-0.39, 0.29) is 41.6 Å². The van der Waals surface area contributed by atoms with Crippen LogP contribution in [0.1, 0.15) is 70.6 Å². The molecular formula is C28H29ClFN3O4. The summed E-state index contributed by atoms with van der Waals surface area (Å²) in [5, 5.41) is 29.5. The minimum Gasteiger partial charge on any atom is -0.396 e. The molecule has 0 bridgehead atoms. The lowest BCUT2D eigenvalue weighted by molar-refractivity contribution is -0.130. The zero-order valence-electron chi connectivity index (χ0n) is 24.5. The normalized spacial score (nSPS) is 22.7. The fourth-order valence-corrected chi connectivity index (χ4v) is 4.55. The van der Waals surface area contributed by atoms with Gasteiger partial charge in [-0.3, -0.25) is 9.69 Å². The maximum Gasteiger partial charge on any atom is 0.257 e. The first kappa shape index (κ1) is 21.1. The van der Waals surface area contributed by atoms with Crippen LogP contribution in [0.3, 0.4) is 0 Å². The number of benzene rings is 2. The van der Waals surface area contributed by atoms with Crippen molar-refractivity contribution < 1.29 is 29.6 Å². The lowest BCUT2D eigenvalue weighted by Gasteiger charge is -2.40. The minimum atomic E-state index is -2.99. The molecule has 5 rings (SSSR count). The molecule has 0 unspecified atom stereocenters. The monoisotopic (exact) mass is 529 g/mol. The molecule has 0 saturated heterocycles. The number of aromatic nitrogens is 2. The Labute approximate surface area is 225 Å². The van der Waals surface area contributed by atoms with Crippen LogP contribution in [-0.4, -0.2) is 44.3 Å². The Balaban J connectivity index is 1.81. The fraction of sp³-hybridized carbons (Fsp3) is 0.393. The van der Waals surface area contributed by atoms with Gasteiger partial charge in [-0.1, -0.05) is 23.7 Å². The molecule has 2 aromatic carbocycles. The minimum absolute atomic E-state index is 0.0510. The van der Waals surface area contributed by atoms with Crippen LogP contribution in [0.5, 0.6) is 0 Å². The number of nitrogens with zero attached hydrogens (tertiary/aromatic N) is 3. The number of amides is 1. The van der Waals surface area contributed by atoms with Crippen molar-refractivity contribution in [1.29, 1.82) is 0 Å². The molecule has 1 aliphatic carbocycles. The van der Waals surface area contributed by atoms with Gasteiger partial charge in [0.05, 0.1) is 53.3 Å². The summed E-state index contributed by atoms with van der Waals surface area (Å²) in [5.74, 6) is -1.69. The quantitative estimate of drug-likeness (QED) is 0.447. The predicted octanol–water partition coefficient (Wildman–Crippen LogP) is 4.45. The third-order valence-electron chi connectivity index (χ3n) is 6.76. The van der Waals surface area contributed by atoms with Gasteiger partial charge in [-0.15, -0.1) is 0 Å². The summed E-state index contributed by atoms with van der Waals surface area (Å²) >= 11 is 6.15. The highest BCUT2D eigenvalue weighted by atomic mass is 35.5. The maximum atomic E-state index is 16.3. The third kappa shape index (κ3) is 4.52. The molecule has 1 fully saturated rings. The first-order valence-corrected chi connectivity index (χ1v) is 12.2. The van der Waals surface area contributed by atoms with Crippen LogP contribution in [0, 0.1) is 18.2 Å². The third-order valence-corrected chi connectivity index (χ3v) is 7.01. The van der Waals surface area contributed by atoms with E-state index in [0.717, 1.165) is 11.0 Å². The van der Waals surface area contributed by atoms with Gasteiger partial charge in [0, 0.05) is 16.0 Å². The van der Waals surface area contributed by atoms with Crippen LogP contribution in [0.4, 0.5) is 4.39 Å². The van der Waals surface area contributed by atoms with Gasteiger partial charge in [-0.2, -0.15) is 10.2 Å². The number of carbonyl (C=O) groups excluding carboxylic acids is 1. The van der Waals surface area contributed by atoms with E-state index in [0.29, 0.717) is 16.4 Å². The van der Waals surface area contributed by atoms with Crippen molar-refractivity contribution >= 4 is 17.5 Å². The summed E-state index contributed by atoms with van der Waals surface area (Å²) in [7, 11) is 0. The predicted molar refractivity (Wildman–Crippen MR) is 135 cm³/mol. The number of aryl methyl sites for hydroxylation is 1. The van der Waals surface area contributed by atoms with Crippen LogP contribution in [0.2, 0.25) is 5.02 Å². The average Bonchev–Trinajstić information content (AvgIpc) is 3.66.